The van der Waals surface area contributed by atoms with Crippen molar-refractivity contribution in [2.45, 2.75) is 44.1 Å². The van der Waals surface area contributed by atoms with Crippen molar-refractivity contribution in [1.82, 2.24) is 10.2 Å². The quantitative estimate of drug-likeness (QED) is 0.915. The average molecular weight is 272 g/mol. The second-order valence-corrected chi connectivity index (χ2v) is 6.28. The summed E-state index contributed by atoms with van der Waals surface area (Å²) in [5.74, 6) is 0.353. The van der Waals surface area contributed by atoms with E-state index in [4.69, 9.17) is 0 Å². The van der Waals surface area contributed by atoms with Gasteiger partial charge in [-0.2, -0.15) is 0 Å². The topological polar surface area (TPSA) is 32.3 Å². The molecule has 1 aliphatic carbocycles. The van der Waals surface area contributed by atoms with Gasteiger partial charge in [0.05, 0.1) is 5.41 Å². The predicted octanol–water partition coefficient (Wildman–Crippen LogP) is 2.24. The number of carbonyl (C=O) groups excluding carboxylic acids is 1. The molecule has 108 valence electrons. The van der Waals surface area contributed by atoms with Crippen molar-refractivity contribution >= 4 is 5.91 Å². The molecule has 1 amide bonds. The van der Waals surface area contributed by atoms with Gasteiger partial charge in [-0.05, 0) is 50.8 Å². The maximum absolute atomic E-state index is 13.0. The molecule has 1 N–H and O–H groups in total. The predicted molar refractivity (Wildman–Crippen MR) is 80.8 cm³/mol. The van der Waals surface area contributed by atoms with Crippen LogP contribution < -0.4 is 5.32 Å². The zero-order valence-corrected chi connectivity index (χ0v) is 12.5. The van der Waals surface area contributed by atoms with E-state index in [2.05, 4.69) is 41.4 Å². The number of likely N-dealkylation sites (N-methyl/N-ethyl adjacent to an activating group) is 1. The highest BCUT2D eigenvalue weighted by Gasteiger charge is 2.53. The number of hydrogen-bond acceptors (Lipinski definition) is 2. The van der Waals surface area contributed by atoms with E-state index in [1.165, 1.54) is 17.5 Å². The van der Waals surface area contributed by atoms with Crippen molar-refractivity contribution in [1.29, 1.82) is 0 Å². The molecule has 1 atom stereocenters. The van der Waals surface area contributed by atoms with Gasteiger partial charge in [0.25, 0.3) is 0 Å². The molecule has 1 aromatic carbocycles. The van der Waals surface area contributed by atoms with Crippen molar-refractivity contribution < 1.29 is 4.79 Å². The third-order valence-corrected chi connectivity index (χ3v) is 4.94. The van der Waals surface area contributed by atoms with Crippen LogP contribution >= 0.6 is 0 Å². The molecule has 1 saturated carbocycles. The molecule has 1 aliphatic heterocycles. The van der Waals surface area contributed by atoms with E-state index in [0.717, 1.165) is 32.4 Å². The van der Waals surface area contributed by atoms with E-state index in [9.17, 15) is 4.79 Å². The number of nitrogens with zero attached hydrogens (tertiary/aromatic N) is 1. The van der Waals surface area contributed by atoms with Gasteiger partial charge in [0.1, 0.15) is 0 Å². The Labute approximate surface area is 121 Å². The van der Waals surface area contributed by atoms with Gasteiger partial charge >= 0.3 is 0 Å². The fraction of sp³-hybridized carbons (Fsp3) is 0.588. The van der Waals surface area contributed by atoms with Crippen LogP contribution in [0.1, 0.15) is 36.8 Å². The zero-order valence-electron chi connectivity index (χ0n) is 12.5. The summed E-state index contributed by atoms with van der Waals surface area (Å²) in [6.07, 6.45) is 4.31. The molecule has 3 nitrogen and oxygen atoms in total. The third kappa shape index (κ3) is 2.24. The minimum absolute atomic E-state index is 0.207. The van der Waals surface area contributed by atoms with Crippen LogP contribution in [0.5, 0.6) is 0 Å². The molecule has 3 rings (SSSR count). The van der Waals surface area contributed by atoms with Crippen molar-refractivity contribution in [2.75, 3.05) is 20.1 Å². The zero-order chi connectivity index (χ0) is 14.2. The molecule has 20 heavy (non-hydrogen) atoms. The van der Waals surface area contributed by atoms with Crippen LogP contribution in [0.4, 0.5) is 0 Å². The number of hydrogen-bond donors (Lipinski definition) is 1. The number of nitrogens with one attached hydrogen (secondary N) is 1. The fourth-order valence-electron chi connectivity index (χ4n) is 3.53. The standard InChI is InChI=1S/C17H24N2O/c1-13-6-3-4-8-15(13)17(9-10-17)16(20)19-11-5-7-14(12-19)18-2/h3-4,6,8,14,18H,5,7,9-12H2,1-2H3. The fourth-order valence-corrected chi connectivity index (χ4v) is 3.53. The Kier molecular flexibility index (Phi) is 3.55. The number of piperidine rings is 1. The summed E-state index contributed by atoms with van der Waals surface area (Å²) >= 11 is 0. The first kappa shape index (κ1) is 13.6. The van der Waals surface area contributed by atoms with Crippen LogP contribution in [0.25, 0.3) is 0 Å². The third-order valence-electron chi connectivity index (χ3n) is 4.94. The monoisotopic (exact) mass is 272 g/mol. The van der Waals surface area contributed by atoms with Crippen LogP contribution in [0.15, 0.2) is 24.3 Å². The molecule has 0 aromatic heterocycles. The molecular formula is C17H24N2O. The van der Waals surface area contributed by atoms with Crippen LogP contribution in [0, 0.1) is 6.92 Å². The lowest BCUT2D eigenvalue weighted by Crippen LogP contribution is -2.50. The summed E-state index contributed by atoms with van der Waals surface area (Å²) in [7, 11) is 1.99. The number of rotatable bonds is 3. The Hall–Kier alpha value is -1.35. The summed E-state index contributed by atoms with van der Waals surface area (Å²) in [4.78, 5) is 15.1. The van der Waals surface area contributed by atoms with Gasteiger partial charge in [-0.3, -0.25) is 4.79 Å². The molecule has 1 saturated heterocycles. The van der Waals surface area contributed by atoms with Gasteiger partial charge in [-0.1, -0.05) is 24.3 Å². The summed E-state index contributed by atoms with van der Waals surface area (Å²) < 4.78 is 0. The van der Waals surface area contributed by atoms with E-state index in [0.29, 0.717) is 11.9 Å². The molecule has 1 aromatic rings. The summed E-state index contributed by atoms with van der Waals surface area (Å²) in [6, 6.07) is 8.83. The van der Waals surface area contributed by atoms with Gasteiger partial charge in [-0.25, -0.2) is 0 Å². The highest BCUT2D eigenvalue weighted by atomic mass is 16.2. The lowest BCUT2D eigenvalue weighted by atomic mass is 9.89. The number of aryl methyl sites for hydroxylation is 1. The summed E-state index contributed by atoms with van der Waals surface area (Å²) in [5.41, 5.74) is 2.29. The van der Waals surface area contributed by atoms with Crippen LogP contribution in [0.2, 0.25) is 0 Å². The van der Waals surface area contributed by atoms with E-state index < -0.39 is 0 Å². The number of benzene rings is 1. The number of amides is 1. The first-order valence-corrected chi connectivity index (χ1v) is 7.70. The maximum Gasteiger partial charge on any atom is 0.233 e. The molecule has 0 spiro atoms. The van der Waals surface area contributed by atoms with Crippen molar-refractivity contribution in [3.8, 4) is 0 Å². The van der Waals surface area contributed by atoms with Gasteiger partial charge in [-0.15, -0.1) is 0 Å². The smallest absolute Gasteiger partial charge is 0.233 e. The Morgan fingerprint density at radius 2 is 2.10 bits per heavy atom. The van der Waals surface area contributed by atoms with Crippen LogP contribution in [-0.4, -0.2) is 37.0 Å². The normalized spacial score (nSPS) is 24.5. The Bertz CT molecular complexity index is 507. The Morgan fingerprint density at radius 3 is 2.75 bits per heavy atom. The molecule has 2 fully saturated rings. The molecule has 3 heteroatoms. The first-order valence-electron chi connectivity index (χ1n) is 7.70. The molecule has 1 heterocycles. The van der Waals surface area contributed by atoms with Crippen molar-refractivity contribution in [3.63, 3.8) is 0 Å². The minimum atomic E-state index is -0.207. The second-order valence-electron chi connectivity index (χ2n) is 6.28. The summed E-state index contributed by atoms with van der Waals surface area (Å²) in [5, 5.41) is 3.32. The van der Waals surface area contributed by atoms with Gasteiger partial charge in [0.2, 0.25) is 5.91 Å². The van der Waals surface area contributed by atoms with E-state index in [-0.39, 0.29) is 5.41 Å². The number of carbonyl (C=O) groups is 1. The molecule has 1 unspecified atom stereocenters. The van der Waals surface area contributed by atoms with E-state index in [1.54, 1.807) is 0 Å². The second kappa shape index (κ2) is 5.21. The van der Waals surface area contributed by atoms with Gasteiger partial charge < -0.3 is 10.2 Å². The van der Waals surface area contributed by atoms with Crippen molar-refractivity contribution in [2.24, 2.45) is 0 Å². The van der Waals surface area contributed by atoms with Crippen LogP contribution in [-0.2, 0) is 10.2 Å². The molecule has 2 aliphatic rings. The van der Waals surface area contributed by atoms with Gasteiger partial charge in [0, 0.05) is 19.1 Å². The Balaban J connectivity index is 1.82. The minimum Gasteiger partial charge on any atom is -0.340 e. The van der Waals surface area contributed by atoms with Crippen molar-refractivity contribution in [3.05, 3.63) is 35.4 Å². The maximum atomic E-state index is 13.0. The molecule has 0 radical (unpaired) electrons. The SMILES string of the molecule is CNC1CCCN(C(=O)C2(c3ccccc3C)CC2)C1. The first-order chi connectivity index (χ1) is 9.67. The molecule has 0 bridgehead atoms. The number of likely N-dealkylation sites (tertiary alicyclic amines) is 1. The Morgan fingerprint density at radius 1 is 1.35 bits per heavy atom. The molecular weight excluding hydrogens is 248 g/mol. The van der Waals surface area contributed by atoms with E-state index in [1.807, 2.05) is 7.05 Å². The highest BCUT2D eigenvalue weighted by molar-refractivity contribution is 5.91. The van der Waals surface area contributed by atoms with Crippen LogP contribution in [0.3, 0.4) is 0 Å². The lowest BCUT2D eigenvalue weighted by molar-refractivity contribution is -0.135. The van der Waals surface area contributed by atoms with E-state index >= 15 is 0 Å². The average Bonchev–Trinajstić information content (AvgIpc) is 3.28. The highest BCUT2D eigenvalue weighted by Crippen LogP contribution is 2.50. The summed E-state index contributed by atoms with van der Waals surface area (Å²) in [6.45, 7) is 3.91. The largest absolute Gasteiger partial charge is 0.340 e. The lowest BCUT2D eigenvalue weighted by Gasteiger charge is -2.35. The van der Waals surface area contributed by atoms with Gasteiger partial charge in [0.15, 0.2) is 0 Å².